The van der Waals surface area contributed by atoms with Gasteiger partial charge in [0.2, 0.25) is 0 Å². The minimum absolute atomic E-state index is 0.730. The van der Waals surface area contributed by atoms with Crippen LogP contribution in [0.15, 0.2) is 24.3 Å². The monoisotopic (exact) mass is 163 g/mol. The van der Waals surface area contributed by atoms with Crippen LogP contribution in [0.3, 0.4) is 0 Å². The highest BCUT2D eigenvalue weighted by molar-refractivity contribution is 5.28. The lowest BCUT2D eigenvalue weighted by Gasteiger charge is -2.04. The maximum absolute atomic E-state index is 5.37. The third kappa shape index (κ3) is 2.57. The number of benzene rings is 1. The van der Waals surface area contributed by atoms with Crippen molar-refractivity contribution < 1.29 is 4.74 Å². The van der Waals surface area contributed by atoms with E-state index in [1.165, 1.54) is 5.56 Å². The van der Waals surface area contributed by atoms with Gasteiger partial charge in [-0.05, 0) is 37.5 Å². The fraction of sp³-hybridized carbons (Fsp3) is 0.364. The fourth-order valence-electron chi connectivity index (χ4n) is 1.16. The van der Waals surface area contributed by atoms with Crippen LogP contribution in [0.1, 0.15) is 18.9 Å². The second kappa shape index (κ2) is 4.81. The number of hydrogen-bond acceptors (Lipinski definition) is 1. The predicted octanol–water partition coefficient (Wildman–Crippen LogP) is 2.85. The first-order chi connectivity index (χ1) is 5.86. The SMILES string of the molecule is [CH2]CCc1cccc(OCC)c1. The highest BCUT2D eigenvalue weighted by Gasteiger charge is 1.94. The first-order valence-electron chi connectivity index (χ1n) is 4.37. The molecular weight excluding hydrogens is 148 g/mol. The molecule has 65 valence electrons. The van der Waals surface area contributed by atoms with Crippen molar-refractivity contribution in [2.45, 2.75) is 19.8 Å². The van der Waals surface area contributed by atoms with Crippen LogP contribution >= 0.6 is 0 Å². The minimum atomic E-state index is 0.730. The average molecular weight is 163 g/mol. The third-order valence-corrected chi connectivity index (χ3v) is 1.67. The van der Waals surface area contributed by atoms with Gasteiger partial charge in [0, 0.05) is 0 Å². The zero-order valence-electron chi connectivity index (χ0n) is 7.55. The first-order valence-corrected chi connectivity index (χ1v) is 4.37. The molecule has 0 aliphatic heterocycles. The summed E-state index contributed by atoms with van der Waals surface area (Å²) < 4.78 is 5.37. The lowest BCUT2D eigenvalue weighted by atomic mass is 10.1. The highest BCUT2D eigenvalue weighted by atomic mass is 16.5. The highest BCUT2D eigenvalue weighted by Crippen LogP contribution is 2.14. The van der Waals surface area contributed by atoms with Crippen molar-refractivity contribution in [1.29, 1.82) is 0 Å². The molecule has 0 saturated carbocycles. The summed E-state index contributed by atoms with van der Waals surface area (Å²) in [5.74, 6) is 0.962. The van der Waals surface area contributed by atoms with Crippen LogP contribution in [0.5, 0.6) is 5.75 Å². The number of aryl methyl sites for hydroxylation is 1. The second-order valence-electron chi connectivity index (χ2n) is 2.68. The van der Waals surface area contributed by atoms with Gasteiger partial charge in [-0.3, -0.25) is 0 Å². The Labute approximate surface area is 74.4 Å². The Hall–Kier alpha value is -0.980. The molecule has 0 bridgehead atoms. The van der Waals surface area contributed by atoms with E-state index in [4.69, 9.17) is 4.74 Å². The van der Waals surface area contributed by atoms with Crippen molar-refractivity contribution >= 4 is 0 Å². The molecule has 0 N–H and O–H groups in total. The van der Waals surface area contributed by atoms with Crippen molar-refractivity contribution in [3.05, 3.63) is 36.8 Å². The van der Waals surface area contributed by atoms with Crippen LogP contribution in [0, 0.1) is 6.92 Å². The largest absolute Gasteiger partial charge is 0.494 e. The summed E-state index contributed by atoms with van der Waals surface area (Å²) in [7, 11) is 0. The summed E-state index contributed by atoms with van der Waals surface area (Å²) in [5, 5.41) is 0. The normalized spacial score (nSPS) is 9.83. The first kappa shape index (κ1) is 9.11. The van der Waals surface area contributed by atoms with Crippen LogP contribution in [-0.2, 0) is 6.42 Å². The number of ether oxygens (including phenoxy) is 1. The van der Waals surface area contributed by atoms with Crippen molar-refractivity contribution in [3.8, 4) is 5.75 Å². The van der Waals surface area contributed by atoms with Gasteiger partial charge in [-0.15, -0.1) is 0 Å². The van der Waals surface area contributed by atoms with Gasteiger partial charge >= 0.3 is 0 Å². The van der Waals surface area contributed by atoms with E-state index in [1.807, 2.05) is 19.1 Å². The standard InChI is InChI=1S/C11H15O/c1-3-6-10-7-5-8-11(9-10)12-4-2/h5,7-9H,1,3-4,6H2,2H3. The Bertz CT molecular complexity index is 209. The molecule has 1 rings (SSSR count). The lowest BCUT2D eigenvalue weighted by molar-refractivity contribution is 0.340. The van der Waals surface area contributed by atoms with Crippen LogP contribution in [0.2, 0.25) is 0 Å². The topological polar surface area (TPSA) is 9.23 Å². The molecule has 0 amide bonds. The molecule has 1 radical (unpaired) electrons. The quantitative estimate of drug-likeness (QED) is 0.663. The summed E-state index contributed by atoms with van der Waals surface area (Å²) in [6.45, 7) is 6.54. The Balaban J connectivity index is 2.67. The Morgan fingerprint density at radius 1 is 1.42 bits per heavy atom. The summed E-state index contributed by atoms with van der Waals surface area (Å²) in [6, 6.07) is 8.19. The minimum Gasteiger partial charge on any atom is -0.494 e. The van der Waals surface area contributed by atoms with Crippen LogP contribution < -0.4 is 4.74 Å². The summed E-state index contributed by atoms with van der Waals surface area (Å²) in [4.78, 5) is 0. The molecule has 12 heavy (non-hydrogen) atoms. The maximum atomic E-state index is 5.37. The van der Waals surface area contributed by atoms with Gasteiger partial charge in [-0.25, -0.2) is 0 Å². The zero-order chi connectivity index (χ0) is 8.81. The van der Waals surface area contributed by atoms with Gasteiger partial charge in [-0.1, -0.05) is 19.1 Å². The van der Waals surface area contributed by atoms with E-state index in [2.05, 4.69) is 19.1 Å². The van der Waals surface area contributed by atoms with Crippen molar-refractivity contribution in [3.63, 3.8) is 0 Å². The second-order valence-corrected chi connectivity index (χ2v) is 2.68. The fourth-order valence-corrected chi connectivity index (χ4v) is 1.16. The lowest BCUT2D eigenvalue weighted by Crippen LogP contribution is -1.92. The van der Waals surface area contributed by atoms with Gasteiger partial charge in [0.15, 0.2) is 0 Å². The number of rotatable bonds is 4. The Morgan fingerprint density at radius 2 is 2.25 bits per heavy atom. The van der Waals surface area contributed by atoms with Crippen LogP contribution in [0.25, 0.3) is 0 Å². The Morgan fingerprint density at radius 3 is 2.92 bits per heavy atom. The molecule has 0 saturated heterocycles. The van der Waals surface area contributed by atoms with Gasteiger partial charge < -0.3 is 4.74 Å². The zero-order valence-corrected chi connectivity index (χ0v) is 7.55. The molecule has 1 aromatic rings. The predicted molar refractivity (Wildman–Crippen MR) is 51.3 cm³/mol. The summed E-state index contributed by atoms with van der Waals surface area (Å²) in [5.41, 5.74) is 1.30. The van der Waals surface area contributed by atoms with Gasteiger partial charge in [0.1, 0.15) is 5.75 Å². The molecule has 0 unspecified atom stereocenters. The molecular formula is C11H15O. The summed E-state index contributed by atoms with van der Waals surface area (Å²) >= 11 is 0. The van der Waals surface area contributed by atoms with E-state index < -0.39 is 0 Å². The molecule has 1 heteroatoms. The Kier molecular flexibility index (Phi) is 3.65. The van der Waals surface area contributed by atoms with Crippen molar-refractivity contribution in [2.75, 3.05) is 6.61 Å². The third-order valence-electron chi connectivity index (χ3n) is 1.67. The molecule has 1 aromatic carbocycles. The molecule has 0 atom stereocenters. The molecule has 0 fully saturated rings. The van der Waals surface area contributed by atoms with E-state index in [1.54, 1.807) is 0 Å². The van der Waals surface area contributed by atoms with E-state index in [-0.39, 0.29) is 0 Å². The van der Waals surface area contributed by atoms with Crippen molar-refractivity contribution in [1.82, 2.24) is 0 Å². The van der Waals surface area contributed by atoms with Gasteiger partial charge in [0.25, 0.3) is 0 Å². The molecule has 0 aliphatic rings. The molecule has 0 heterocycles. The van der Waals surface area contributed by atoms with Gasteiger partial charge in [-0.2, -0.15) is 0 Å². The summed E-state index contributed by atoms with van der Waals surface area (Å²) in [6.07, 6.45) is 1.97. The number of hydrogen-bond donors (Lipinski definition) is 0. The van der Waals surface area contributed by atoms with Crippen LogP contribution in [-0.4, -0.2) is 6.61 Å². The van der Waals surface area contributed by atoms with E-state index in [0.717, 1.165) is 25.2 Å². The molecule has 0 spiro atoms. The smallest absolute Gasteiger partial charge is 0.119 e. The molecule has 1 nitrogen and oxygen atoms in total. The van der Waals surface area contributed by atoms with E-state index in [0.29, 0.717) is 0 Å². The maximum Gasteiger partial charge on any atom is 0.119 e. The van der Waals surface area contributed by atoms with E-state index >= 15 is 0 Å². The van der Waals surface area contributed by atoms with Crippen molar-refractivity contribution in [2.24, 2.45) is 0 Å². The van der Waals surface area contributed by atoms with Crippen LogP contribution in [0.4, 0.5) is 0 Å². The van der Waals surface area contributed by atoms with Gasteiger partial charge in [0.05, 0.1) is 6.61 Å². The average Bonchev–Trinajstić information content (AvgIpc) is 2.06. The van der Waals surface area contributed by atoms with E-state index in [9.17, 15) is 0 Å². The molecule has 0 aliphatic carbocycles. The molecule has 0 aromatic heterocycles.